The summed E-state index contributed by atoms with van der Waals surface area (Å²) in [5, 5.41) is 6.44. The average molecular weight is 328 g/mol. The van der Waals surface area contributed by atoms with E-state index in [1.807, 2.05) is 7.05 Å². The molecule has 1 atom stereocenters. The molecule has 1 aliphatic rings. The summed E-state index contributed by atoms with van der Waals surface area (Å²) >= 11 is 3.52. The Hall–Kier alpha value is -0.880. The van der Waals surface area contributed by atoms with Crippen molar-refractivity contribution in [2.45, 2.75) is 32.2 Å². The quantitative estimate of drug-likeness (QED) is 0.870. The van der Waals surface area contributed by atoms with Crippen molar-refractivity contribution in [2.75, 3.05) is 37.3 Å². The standard InChI is InChI=1S/C13H22BrN5/c1-10(19-6-4-3-5-7-19)8-16-13-11(14)12(15-2)17-9-18-13/h9-10H,3-8H2,1-2H3,(H2,15,16,17,18). The first-order valence-corrected chi connectivity index (χ1v) is 7.68. The van der Waals surface area contributed by atoms with Crippen LogP contribution < -0.4 is 10.6 Å². The number of halogens is 1. The second kappa shape index (κ2) is 7.05. The van der Waals surface area contributed by atoms with Crippen LogP contribution in [-0.4, -0.2) is 47.6 Å². The van der Waals surface area contributed by atoms with Crippen LogP contribution in [0.15, 0.2) is 10.8 Å². The maximum atomic E-state index is 4.28. The lowest BCUT2D eigenvalue weighted by Gasteiger charge is -2.32. The summed E-state index contributed by atoms with van der Waals surface area (Å²) in [7, 11) is 1.85. The molecule has 1 fully saturated rings. The molecule has 0 amide bonds. The summed E-state index contributed by atoms with van der Waals surface area (Å²) in [6.07, 6.45) is 5.60. The molecule has 0 spiro atoms. The molecule has 106 valence electrons. The van der Waals surface area contributed by atoms with E-state index in [9.17, 15) is 0 Å². The summed E-state index contributed by atoms with van der Waals surface area (Å²) in [6, 6.07) is 0.528. The van der Waals surface area contributed by atoms with Crippen LogP contribution in [-0.2, 0) is 0 Å². The maximum Gasteiger partial charge on any atom is 0.146 e. The summed E-state index contributed by atoms with van der Waals surface area (Å²) < 4.78 is 0.892. The van der Waals surface area contributed by atoms with Crippen molar-refractivity contribution in [2.24, 2.45) is 0 Å². The number of nitrogens with zero attached hydrogens (tertiary/aromatic N) is 3. The highest BCUT2D eigenvalue weighted by Gasteiger charge is 2.17. The minimum atomic E-state index is 0.528. The zero-order chi connectivity index (χ0) is 13.7. The average Bonchev–Trinajstić information content (AvgIpc) is 2.47. The molecule has 2 N–H and O–H groups in total. The van der Waals surface area contributed by atoms with Crippen molar-refractivity contribution in [3.8, 4) is 0 Å². The molecule has 2 heterocycles. The van der Waals surface area contributed by atoms with Crippen LogP contribution in [0, 0.1) is 0 Å². The predicted molar refractivity (Wildman–Crippen MR) is 82.7 cm³/mol. The molecular formula is C13H22BrN5. The van der Waals surface area contributed by atoms with Gasteiger partial charge in [0.2, 0.25) is 0 Å². The molecular weight excluding hydrogens is 306 g/mol. The van der Waals surface area contributed by atoms with Crippen molar-refractivity contribution in [1.82, 2.24) is 14.9 Å². The van der Waals surface area contributed by atoms with Gasteiger partial charge in [0.05, 0.1) is 0 Å². The van der Waals surface area contributed by atoms with Gasteiger partial charge in [0, 0.05) is 19.6 Å². The van der Waals surface area contributed by atoms with Gasteiger partial charge in [0.15, 0.2) is 0 Å². The molecule has 1 aromatic rings. The maximum absolute atomic E-state index is 4.28. The van der Waals surface area contributed by atoms with Crippen molar-refractivity contribution in [1.29, 1.82) is 0 Å². The van der Waals surface area contributed by atoms with Crippen LogP contribution in [0.4, 0.5) is 11.6 Å². The van der Waals surface area contributed by atoms with Crippen molar-refractivity contribution in [3.63, 3.8) is 0 Å². The Labute approximate surface area is 123 Å². The number of likely N-dealkylation sites (tertiary alicyclic amines) is 1. The van der Waals surface area contributed by atoms with Gasteiger partial charge in [-0.1, -0.05) is 6.42 Å². The lowest BCUT2D eigenvalue weighted by molar-refractivity contribution is 0.180. The third-order valence-electron chi connectivity index (χ3n) is 3.61. The molecule has 0 saturated carbocycles. The Balaban J connectivity index is 1.91. The normalized spacial score (nSPS) is 18.1. The van der Waals surface area contributed by atoms with E-state index in [0.717, 1.165) is 22.7 Å². The van der Waals surface area contributed by atoms with Crippen LogP contribution in [0.2, 0.25) is 0 Å². The Kier molecular flexibility index (Phi) is 5.39. The molecule has 0 bridgehead atoms. The van der Waals surface area contributed by atoms with E-state index in [4.69, 9.17) is 0 Å². The van der Waals surface area contributed by atoms with E-state index in [1.54, 1.807) is 6.33 Å². The fourth-order valence-electron chi connectivity index (χ4n) is 2.40. The van der Waals surface area contributed by atoms with E-state index >= 15 is 0 Å². The number of nitrogens with one attached hydrogen (secondary N) is 2. The van der Waals surface area contributed by atoms with E-state index in [1.165, 1.54) is 32.4 Å². The van der Waals surface area contributed by atoms with Gasteiger partial charge in [-0.05, 0) is 48.8 Å². The molecule has 1 saturated heterocycles. The first-order valence-electron chi connectivity index (χ1n) is 6.88. The number of piperidine rings is 1. The van der Waals surface area contributed by atoms with Crippen LogP contribution in [0.25, 0.3) is 0 Å². The number of hydrogen-bond donors (Lipinski definition) is 2. The van der Waals surface area contributed by atoms with Crippen LogP contribution in [0.5, 0.6) is 0 Å². The Bertz CT molecular complexity index is 406. The molecule has 19 heavy (non-hydrogen) atoms. The molecule has 2 rings (SSSR count). The number of hydrogen-bond acceptors (Lipinski definition) is 5. The highest BCUT2D eigenvalue weighted by atomic mass is 79.9. The van der Waals surface area contributed by atoms with Gasteiger partial charge in [0.25, 0.3) is 0 Å². The van der Waals surface area contributed by atoms with Crippen LogP contribution >= 0.6 is 15.9 Å². The topological polar surface area (TPSA) is 53.1 Å². The van der Waals surface area contributed by atoms with Crippen LogP contribution in [0.1, 0.15) is 26.2 Å². The summed E-state index contributed by atoms with van der Waals surface area (Å²) in [5.74, 6) is 1.66. The Morgan fingerprint density at radius 1 is 1.26 bits per heavy atom. The molecule has 0 aromatic carbocycles. The third-order valence-corrected chi connectivity index (χ3v) is 4.36. The minimum Gasteiger partial charge on any atom is -0.372 e. The van der Waals surface area contributed by atoms with Gasteiger partial charge >= 0.3 is 0 Å². The molecule has 5 nitrogen and oxygen atoms in total. The zero-order valence-electron chi connectivity index (χ0n) is 11.6. The molecule has 1 aliphatic heterocycles. The monoisotopic (exact) mass is 327 g/mol. The summed E-state index contributed by atoms with van der Waals surface area (Å²) in [4.78, 5) is 11.0. The van der Waals surface area contributed by atoms with Gasteiger partial charge in [-0.2, -0.15) is 0 Å². The van der Waals surface area contributed by atoms with Gasteiger partial charge in [-0.25, -0.2) is 9.97 Å². The summed E-state index contributed by atoms with van der Waals surface area (Å²) in [6.45, 7) is 5.61. The predicted octanol–water partition coefficient (Wildman–Crippen LogP) is 2.57. The number of rotatable bonds is 5. The van der Waals surface area contributed by atoms with Crippen LogP contribution in [0.3, 0.4) is 0 Å². The number of aromatic nitrogens is 2. The lowest BCUT2D eigenvalue weighted by atomic mass is 10.1. The second-order valence-electron chi connectivity index (χ2n) is 4.96. The van der Waals surface area contributed by atoms with Gasteiger partial charge in [-0.15, -0.1) is 0 Å². The van der Waals surface area contributed by atoms with Crippen molar-refractivity contribution in [3.05, 3.63) is 10.8 Å². The lowest BCUT2D eigenvalue weighted by Crippen LogP contribution is -2.41. The Morgan fingerprint density at radius 2 is 1.95 bits per heavy atom. The van der Waals surface area contributed by atoms with Crippen molar-refractivity contribution < 1.29 is 0 Å². The van der Waals surface area contributed by atoms with E-state index in [-0.39, 0.29) is 0 Å². The number of anilines is 2. The summed E-state index contributed by atoms with van der Waals surface area (Å²) in [5.41, 5.74) is 0. The Morgan fingerprint density at radius 3 is 2.63 bits per heavy atom. The zero-order valence-corrected chi connectivity index (χ0v) is 13.2. The fraction of sp³-hybridized carbons (Fsp3) is 0.692. The fourth-order valence-corrected chi connectivity index (χ4v) is 2.94. The molecule has 0 radical (unpaired) electrons. The first-order chi connectivity index (χ1) is 9.22. The minimum absolute atomic E-state index is 0.528. The first kappa shape index (κ1) is 14.5. The van der Waals surface area contributed by atoms with Gasteiger partial charge in [0.1, 0.15) is 22.4 Å². The molecule has 1 aromatic heterocycles. The SMILES string of the molecule is CNc1ncnc(NCC(C)N2CCCCC2)c1Br. The highest BCUT2D eigenvalue weighted by molar-refractivity contribution is 9.10. The second-order valence-corrected chi connectivity index (χ2v) is 5.75. The van der Waals surface area contributed by atoms with E-state index in [2.05, 4.69) is 48.4 Å². The van der Waals surface area contributed by atoms with E-state index in [0.29, 0.717) is 6.04 Å². The van der Waals surface area contributed by atoms with Crippen molar-refractivity contribution >= 4 is 27.6 Å². The smallest absolute Gasteiger partial charge is 0.146 e. The largest absolute Gasteiger partial charge is 0.372 e. The highest BCUT2D eigenvalue weighted by Crippen LogP contribution is 2.26. The van der Waals surface area contributed by atoms with Gasteiger partial charge < -0.3 is 10.6 Å². The third kappa shape index (κ3) is 3.79. The molecule has 1 unspecified atom stereocenters. The molecule has 6 heteroatoms. The van der Waals surface area contributed by atoms with E-state index < -0.39 is 0 Å². The van der Waals surface area contributed by atoms with Gasteiger partial charge in [-0.3, -0.25) is 4.90 Å². The molecule has 0 aliphatic carbocycles.